The van der Waals surface area contributed by atoms with Crippen LogP contribution in [-0.4, -0.2) is 20.8 Å². The van der Waals surface area contributed by atoms with Crippen LogP contribution in [0.3, 0.4) is 0 Å². The molecule has 3 rings (SSSR count). The fraction of sp³-hybridized carbons (Fsp3) is 0.300. The molecule has 3 aromatic rings. The topological polar surface area (TPSA) is 101 Å². The second-order valence-electron chi connectivity index (χ2n) is 6.47. The van der Waals surface area contributed by atoms with E-state index >= 15 is 0 Å². The van der Waals surface area contributed by atoms with Crippen LogP contribution in [0.5, 0.6) is 0 Å². The molecule has 0 saturated carbocycles. The minimum absolute atomic E-state index is 0.165. The average Bonchev–Trinajstić information content (AvgIpc) is 3.26. The van der Waals surface area contributed by atoms with Gasteiger partial charge in [0.15, 0.2) is 10.8 Å². The molecular weight excluding hydrogens is 390 g/mol. The van der Waals surface area contributed by atoms with E-state index < -0.39 is 5.91 Å². The third-order valence-corrected chi connectivity index (χ3v) is 4.60. The van der Waals surface area contributed by atoms with Gasteiger partial charge in [0.1, 0.15) is 5.76 Å². The Balaban J connectivity index is 1.73. The zero-order valence-electron chi connectivity index (χ0n) is 16.1. The summed E-state index contributed by atoms with van der Waals surface area (Å²) in [5.74, 6) is 0.236. The third kappa shape index (κ3) is 5.20. The molecule has 0 radical (unpaired) electrons. The van der Waals surface area contributed by atoms with E-state index in [9.17, 15) is 9.59 Å². The van der Waals surface area contributed by atoms with E-state index in [4.69, 9.17) is 16.6 Å². The highest BCUT2D eigenvalue weighted by molar-refractivity contribution is 7.80. The Bertz CT molecular complexity index is 1050. The number of fused-ring (bicyclic) bond motifs is 1. The van der Waals surface area contributed by atoms with Crippen LogP contribution in [0.4, 0.5) is 0 Å². The molecule has 8 nitrogen and oxygen atoms in total. The minimum atomic E-state index is -0.479. The van der Waals surface area contributed by atoms with E-state index in [-0.39, 0.29) is 16.4 Å². The molecule has 0 aliphatic carbocycles. The van der Waals surface area contributed by atoms with Crippen LogP contribution in [0.2, 0.25) is 0 Å². The van der Waals surface area contributed by atoms with Crippen molar-refractivity contribution in [2.45, 2.75) is 39.3 Å². The number of nitrogens with one attached hydrogen (secondary N) is 3. The molecular formula is C20H23N5O3S. The Morgan fingerprint density at radius 2 is 1.93 bits per heavy atom. The molecule has 2 heterocycles. The zero-order chi connectivity index (χ0) is 20.6. The third-order valence-electron chi connectivity index (χ3n) is 4.35. The van der Waals surface area contributed by atoms with E-state index in [1.54, 1.807) is 36.6 Å². The number of amides is 1. The maximum absolute atomic E-state index is 12.7. The van der Waals surface area contributed by atoms with Crippen LogP contribution in [0.15, 0.2) is 51.9 Å². The second kappa shape index (κ2) is 9.83. The Morgan fingerprint density at radius 3 is 2.66 bits per heavy atom. The first-order chi connectivity index (χ1) is 14.1. The fourth-order valence-corrected chi connectivity index (χ4v) is 2.99. The summed E-state index contributed by atoms with van der Waals surface area (Å²) in [5, 5.41) is 8.42. The van der Waals surface area contributed by atoms with Crippen molar-refractivity contribution in [1.82, 2.24) is 25.9 Å². The number of hydrazine groups is 1. The Labute approximate surface area is 173 Å². The number of carbonyl (C=O) groups excluding carboxylic acids is 1. The van der Waals surface area contributed by atoms with Gasteiger partial charge < -0.3 is 9.73 Å². The highest BCUT2D eigenvalue weighted by Gasteiger charge is 2.16. The van der Waals surface area contributed by atoms with Gasteiger partial charge in [-0.2, -0.15) is 5.10 Å². The van der Waals surface area contributed by atoms with Crippen LogP contribution in [0, 0.1) is 0 Å². The number of benzene rings is 1. The van der Waals surface area contributed by atoms with Crippen LogP contribution >= 0.6 is 12.2 Å². The van der Waals surface area contributed by atoms with Gasteiger partial charge in [0.2, 0.25) is 0 Å². The van der Waals surface area contributed by atoms with Crippen LogP contribution in [-0.2, 0) is 13.1 Å². The van der Waals surface area contributed by atoms with Crippen molar-refractivity contribution in [2.75, 3.05) is 0 Å². The lowest BCUT2D eigenvalue weighted by Crippen LogP contribution is -2.47. The lowest BCUT2D eigenvalue weighted by molar-refractivity contribution is 0.0938. The first kappa shape index (κ1) is 20.5. The van der Waals surface area contributed by atoms with Crippen LogP contribution < -0.4 is 21.7 Å². The molecule has 0 spiro atoms. The summed E-state index contributed by atoms with van der Waals surface area (Å²) in [5.41, 5.74) is 5.15. The first-order valence-corrected chi connectivity index (χ1v) is 9.87. The van der Waals surface area contributed by atoms with Gasteiger partial charge >= 0.3 is 0 Å². The molecule has 0 aliphatic rings. The van der Waals surface area contributed by atoms with Gasteiger partial charge in [-0.3, -0.25) is 20.4 Å². The number of furan rings is 1. The van der Waals surface area contributed by atoms with E-state index in [1.165, 1.54) is 4.68 Å². The maximum atomic E-state index is 12.7. The van der Waals surface area contributed by atoms with Crippen LogP contribution in [0.25, 0.3) is 10.8 Å². The summed E-state index contributed by atoms with van der Waals surface area (Å²) >= 11 is 5.15. The summed E-state index contributed by atoms with van der Waals surface area (Å²) in [7, 11) is 0. The highest BCUT2D eigenvalue weighted by atomic mass is 32.1. The highest BCUT2D eigenvalue weighted by Crippen LogP contribution is 2.13. The lowest BCUT2D eigenvalue weighted by atomic mass is 10.1. The first-order valence-electron chi connectivity index (χ1n) is 9.46. The predicted molar refractivity (Wildman–Crippen MR) is 114 cm³/mol. The number of unbranched alkanes of at least 4 members (excludes halogenated alkanes) is 2. The molecule has 9 heteroatoms. The summed E-state index contributed by atoms with van der Waals surface area (Å²) in [6.07, 6.45) is 4.41. The van der Waals surface area contributed by atoms with Crippen molar-refractivity contribution in [3.8, 4) is 0 Å². The fourth-order valence-electron chi connectivity index (χ4n) is 2.86. The molecule has 152 valence electrons. The van der Waals surface area contributed by atoms with Crippen molar-refractivity contribution >= 4 is 34.0 Å². The Morgan fingerprint density at radius 1 is 1.14 bits per heavy atom. The normalized spacial score (nSPS) is 10.7. The van der Waals surface area contributed by atoms with Crippen molar-refractivity contribution in [2.24, 2.45) is 0 Å². The van der Waals surface area contributed by atoms with Crippen molar-refractivity contribution in [3.63, 3.8) is 0 Å². The lowest BCUT2D eigenvalue weighted by Gasteiger charge is -2.13. The van der Waals surface area contributed by atoms with Gasteiger partial charge in [0.25, 0.3) is 11.5 Å². The summed E-state index contributed by atoms with van der Waals surface area (Å²) in [6.45, 7) is 2.94. The molecule has 29 heavy (non-hydrogen) atoms. The largest absolute Gasteiger partial charge is 0.467 e. The number of hydrogen-bond donors (Lipinski definition) is 3. The maximum Gasteiger partial charge on any atom is 0.290 e. The Kier molecular flexibility index (Phi) is 6.96. The molecule has 0 unspecified atom stereocenters. The summed E-state index contributed by atoms with van der Waals surface area (Å²) in [4.78, 5) is 25.4. The van der Waals surface area contributed by atoms with E-state index in [2.05, 4.69) is 28.2 Å². The molecule has 0 fully saturated rings. The molecule has 1 amide bonds. The SMILES string of the molecule is CCCCCn1nc(C(=O)NNC(=S)NCc2ccco2)c2ccccc2c1=O. The monoisotopic (exact) mass is 413 g/mol. The quantitative estimate of drug-likeness (QED) is 0.311. The number of hydrogen-bond acceptors (Lipinski definition) is 5. The van der Waals surface area contributed by atoms with Gasteiger partial charge in [0.05, 0.1) is 18.2 Å². The van der Waals surface area contributed by atoms with Gasteiger partial charge in [-0.25, -0.2) is 4.68 Å². The second-order valence-corrected chi connectivity index (χ2v) is 6.88. The van der Waals surface area contributed by atoms with Gasteiger partial charge in [-0.15, -0.1) is 0 Å². The van der Waals surface area contributed by atoms with E-state index in [1.807, 2.05) is 6.07 Å². The number of carbonyl (C=O) groups is 1. The number of thiocarbonyl (C=S) groups is 1. The van der Waals surface area contributed by atoms with Crippen molar-refractivity contribution in [1.29, 1.82) is 0 Å². The van der Waals surface area contributed by atoms with Gasteiger partial charge in [-0.1, -0.05) is 38.0 Å². The molecule has 0 bridgehead atoms. The number of nitrogens with zero attached hydrogens (tertiary/aromatic N) is 2. The van der Waals surface area contributed by atoms with E-state index in [0.717, 1.165) is 19.3 Å². The molecule has 1 aromatic carbocycles. The molecule has 0 saturated heterocycles. The number of aryl methyl sites for hydroxylation is 1. The molecule has 0 atom stereocenters. The minimum Gasteiger partial charge on any atom is -0.467 e. The predicted octanol–water partition coefficient (Wildman–Crippen LogP) is 2.49. The Hall–Kier alpha value is -3.20. The van der Waals surface area contributed by atoms with E-state index in [0.29, 0.717) is 29.6 Å². The molecule has 0 aliphatic heterocycles. The smallest absolute Gasteiger partial charge is 0.290 e. The number of rotatable bonds is 7. The summed E-state index contributed by atoms with van der Waals surface area (Å²) < 4.78 is 6.57. The van der Waals surface area contributed by atoms with Crippen molar-refractivity contribution < 1.29 is 9.21 Å². The number of aromatic nitrogens is 2. The molecule has 2 aromatic heterocycles. The van der Waals surface area contributed by atoms with Gasteiger partial charge in [0, 0.05) is 11.9 Å². The standard InChI is InChI=1S/C20H23N5O3S/c1-2-3-6-11-25-19(27)16-10-5-4-9-15(16)17(24-25)18(26)22-23-20(29)21-13-14-8-7-12-28-14/h4-5,7-10,12H,2-3,6,11,13H2,1H3,(H,22,26)(H2,21,23,29). The average molecular weight is 414 g/mol. The van der Waals surface area contributed by atoms with Crippen molar-refractivity contribution in [3.05, 3.63) is 64.5 Å². The zero-order valence-corrected chi connectivity index (χ0v) is 16.9. The summed E-state index contributed by atoms with van der Waals surface area (Å²) in [6, 6.07) is 10.5. The van der Waals surface area contributed by atoms with Gasteiger partial charge in [-0.05, 0) is 36.8 Å². The van der Waals surface area contributed by atoms with Crippen LogP contribution in [0.1, 0.15) is 42.4 Å². The molecule has 3 N–H and O–H groups in total.